The van der Waals surface area contributed by atoms with Gasteiger partial charge in [0, 0.05) is 11.3 Å². The number of nitrogens with zero attached hydrogens (tertiary/aromatic N) is 1. The first-order chi connectivity index (χ1) is 4.72. The number of thiol groups is 1. The van der Waals surface area contributed by atoms with Crippen LogP contribution in [0.5, 0.6) is 0 Å². The fourth-order valence-corrected chi connectivity index (χ4v) is 1.29. The van der Waals surface area contributed by atoms with E-state index in [1.54, 1.807) is 0 Å². The molecule has 2 heteroatoms. The van der Waals surface area contributed by atoms with Crippen LogP contribution in [0.4, 0.5) is 0 Å². The van der Waals surface area contributed by atoms with Crippen LogP contribution in [0.2, 0.25) is 0 Å². The molecule has 0 aromatic heterocycles. The van der Waals surface area contributed by atoms with Gasteiger partial charge in [-0.05, 0) is 17.9 Å². The second kappa shape index (κ2) is 3.09. The molecule has 1 heterocycles. The second-order valence-corrected chi connectivity index (χ2v) is 3.18. The number of rotatable bonds is 1. The minimum atomic E-state index is 0.466. The summed E-state index contributed by atoms with van der Waals surface area (Å²) in [5.74, 6) is 3.31. The Morgan fingerprint density at radius 2 is 2.40 bits per heavy atom. The van der Waals surface area contributed by atoms with Crippen LogP contribution in [0, 0.1) is 5.92 Å². The summed E-state index contributed by atoms with van der Waals surface area (Å²) in [5, 5.41) is 0. The molecule has 0 unspecified atom stereocenters. The van der Waals surface area contributed by atoms with E-state index in [0.29, 0.717) is 5.92 Å². The molecule has 1 nitrogen and oxygen atoms in total. The van der Waals surface area contributed by atoms with Gasteiger partial charge in [0.05, 0.1) is 5.70 Å². The van der Waals surface area contributed by atoms with Crippen LogP contribution in [0.3, 0.4) is 0 Å². The van der Waals surface area contributed by atoms with Crippen molar-refractivity contribution in [2.75, 3.05) is 0 Å². The van der Waals surface area contributed by atoms with Gasteiger partial charge in [0.25, 0.3) is 0 Å². The van der Waals surface area contributed by atoms with Crippen molar-refractivity contribution in [3.63, 3.8) is 0 Å². The van der Waals surface area contributed by atoms with Gasteiger partial charge in [-0.15, -0.1) is 12.6 Å². The Hall–Kier alpha value is -0.460. The molecule has 0 amide bonds. The van der Waals surface area contributed by atoms with E-state index in [9.17, 15) is 0 Å². The molecule has 1 rings (SSSR count). The number of aliphatic imine (C=N–C) groups is 1. The molecule has 0 aromatic rings. The maximum atomic E-state index is 4.31. The van der Waals surface area contributed by atoms with Gasteiger partial charge >= 0.3 is 0 Å². The van der Waals surface area contributed by atoms with Crippen molar-refractivity contribution >= 4 is 18.5 Å². The summed E-state index contributed by atoms with van der Waals surface area (Å²) in [6, 6.07) is 0. The van der Waals surface area contributed by atoms with E-state index in [-0.39, 0.29) is 0 Å². The fourth-order valence-electron chi connectivity index (χ4n) is 0.889. The van der Waals surface area contributed by atoms with Gasteiger partial charge in [0.2, 0.25) is 0 Å². The van der Waals surface area contributed by atoms with E-state index in [1.165, 1.54) is 0 Å². The standard InChI is InChI=1S/C8H11NS/c1-6(2)8-7(10)4-3-5-9-8/h3,6,10H,4H2,1-2H3. The highest BCUT2D eigenvalue weighted by molar-refractivity contribution is 7.84. The molecular weight excluding hydrogens is 142 g/mol. The zero-order valence-electron chi connectivity index (χ0n) is 6.26. The van der Waals surface area contributed by atoms with Crippen molar-refractivity contribution in [1.82, 2.24) is 0 Å². The average molecular weight is 153 g/mol. The highest BCUT2D eigenvalue weighted by Crippen LogP contribution is 2.23. The van der Waals surface area contributed by atoms with E-state index in [0.717, 1.165) is 17.0 Å². The third-order valence-electron chi connectivity index (χ3n) is 1.41. The SMILES string of the molecule is CC(C)C1=C(S)CC=C=N1. The molecule has 0 atom stereocenters. The summed E-state index contributed by atoms with van der Waals surface area (Å²) in [7, 11) is 0. The first-order valence-electron chi connectivity index (χ1n) is 3.41. The summed E-state index contributed by atoms with van der Waals surface area (Å²) in [5.41, 5.74) is 1.07. The molecule has 1 aliphatic rings. The smallest absolute Gasteiger partial charge is 0.0624 e. The molecule has 0 aromatic carbocycles. The average Bonchev–Trinajstić information content (AvgIpc) is 1.88. The van der Waals surface area contributed by atoms with Crippen LogP contribution in [-0.4, -0.2) is 5.87 Å². The predicted octanol–water partition coefficient (Wildman–Crippen LogP) is 2.41. The third-order valence-corrected chi connectivity index (χ3v) is 1.83. The van der Waals surface area contributed by atoms with E-state index in [4.69, 9.17) is 0 Å². The first kappa shape index (κ1) is 7.64. The largest absolute Gasteiger partial charge is 0.210 e. The van der Waals surface area contributed by atoms with Gasteiger partial charge in [-0.3, -0.25) is 0 Å². The van der Waals surface area contributed by atoms with Crippen LogP contribution < -0.4 is 0 Å². The molecule has 0 bridgehead atoms. The maximum Gasteiger partial charge on any atom is 0.0624 e. The summed E-state index contributed by atoms with van der Waals surface area (Å²) in [6.45, 7) is 4.23. The quantitative estimate of drug-likeness (QED) is 0.555. The summed E-state index contributed by atoms with van der Waals surface area (Å²) >= 11 is 4.31. The molecule has 0 saturated heterocycles. The zero-order valence-corrected chi connectivity index (χ0v) is 7.15. The van der Waals surface area contributed by atoms with Gasteiger partial charge in [0.15, 0.2) is 0 Å². The van der Waals surface area contributed by atoms with Crippen molar-refractivity contribution in [3.05, 3.63) is 16.7 Å². The molecule has 0 spiro atoms. The molecule has 1 aliphatic heterocycles. The number of hydrogen-bond acceptors (Lipinski definition) is 2. The van der Waals surface area contributed by atoms with Gasteiger partial charge in [-0.25, -0.2) is 4.99 Å². The lowest BCUT2D eigenvalue weighted by atomic mass is 10.1. The maximum absolute atomic E-state index is 4.31. The number of allylic oxidation sites excluding steroid dienone is 3. The van der Waals surface area contributed by atoms with Crippen LogP contribution in [0.1, 0.15) is 20.3 Å². The normalized spacial score (nSPS) is 17.2. The van der Waals surface area contributed by atoms with Crippen molar-refractivity contribution in [2.45, 2.75) is 20.3 Å². The van der Waals surface area contributed by atoms with Crippen LogP contribution >= 0.6 is 12.6 Å². The van der Waals surface area contributed by atoms with Gasteiger partial charge in [-0.2, -0.15) is 0 Å². The zero-order chi connectivity index (χ0) is 7.56. The van der Waals surface area contributed by atoms with Crippen LogP contribution in [-0.2, 0) is 0 Å². The molecule has 0 aliphatic carbocycles. The lowest BCUT2D eigenvalue weighted by molar-refractivity contribution is 0.750. The van der Waals surface area contributed by atoms with Crippen LogP contribution in [0.25, 0.3) is 0 Å². The lowest BCUT2D eigenvalue weighted by Crippen LogP contribution is -1.95. The highest BCUT2D eigenvalue weighted by atomic mass is 32.1. The Bertz CT molecular complexity index is 219. The Morgan fingerprint density at radius 1 is 1.70 bits per heavy atom. The predicted molar refractivity (Wildman–Crippen MR) is 47.5 cm³/mol. The minimum Gasteiger partial charge on any atom is -0.210 e. The summed E-state index contributed by atoms with van der Waals surface area (Å²) < 4.78 is 0. The number of hydrogen-bond donors (Lipinski definition) is 1. The summed E-state index contributed by atoms with van der Waals surface area (Å²) in [6.07, 6.45) is 2.79. The third kappa shape index (κ3) is 1.53. The van der Waals surface area contributed by atoms with Crippen molar-refractivity contribution in [3.8, 4) is 0 Å². The fraction of sp³-hybridized carbons (Fsp3) is 0.500. The Kier molecular flexibility index (Phi) is 2.36. The molecule has 0 N–H and O–H groups in total. The lowest BCUT2D eigenvalue weighted by Gasteiger charge is -2.09. The summed E-state index contributed by atoms with van der Waals surface area (Å²) in [4.78, 5) is 5.19. The molecule has 0 saturated carbocycles. The van der Waals surface area contributed by atoms with Crippen molar-refractivity contribution in [2.24, 2.45) is 10.9 Å². The van der Waals surface area contributed by atoms with E-state index >= 15 is 0 Å². The van der Waals surface area contributed by atoms with Gasteiger partial charge < -0.3 is 0 Å². The minimum absolute atomic E-state index is 0.466. The molecule has 0 radical (unpaired) electrons. The van der Waals surface area contributed by atoms with Crippen LogP contribution in [0.15, 0.2) is 21.7 Å². The topological polar surface area (TPSA) is 12.4 Å². The van der Waals surface area contributed by atoms with E-state index in [1.807, 2.05) is 6.08 Å². The van der Waals surface area contributed by atoms with Gasteiger partial charge in [-0.1, -0.05) is 13.8 Å². The monoisotopic (exact) mass is 153 g/mol. The highest BCUT2D eigenvalue weighted by Gasteiger charge is 2.07. The Labute approximate surface area is 67.0 Å². The van der Waals surface area contributed by atoms with Gasteiger partial charge in [0.1, 0.15) is 0 Å². The first-order valence-corrected chi connectivity index (χ1v) is 3.86. The molecular formula is C8H11NS. The Balaban J connectivity index is 2.91. The molecule has 54 valence electrons. The Morgan fingerprint density at radius 3 is 2.80 bits per heavy atom. The second-order valence-electron chi connectivity index (χ2n) is 2.64. The van der Waals surface area contributed by atoms with E-state index < -0.39 is 0 Å². The molecule has 0 fully saturated rings. The van der Waals surface area contributed by atoms with E-state index in [2.05, 4.69) is 37.3 Å². The molecule has 10 heavy (non-hydrogen) atoms. The van der Waals surface area contributed by atoms with Crippen molar-refractivity contribution < 1.29 is 0 Å². The van der Waals surface area contributed by atoms with Crippen molar-refractivity contribution in [1.29, 1.82) is 0 Å².